The van der Waals surface area contributed by atoms with Crippen molar-refractivity contribution in [1.29, 1.82) is 0 Å². The lowest BCUT2D eigenvalue weighted by molar-refractivity contribution is -0.142. The predicted octanol–water partition coefficient (Wildman–Crippen LogP) is 2.26. The molecule has 0 bridgehead atoms. The number of carbonyl (C=O) groups is 1. The summed E-state index contributed by atoms with van der Waals surface area (Å²) in [6.07, 6.45) is 8.44. The molecule has 2 atom stereocenters. The van der Waals surface area contributed by atoms with Gasteiger partial charge in [0.05, 0.1) is 5.92 Å². The van der Waals surface area contributed by atoms with Gasteiger partial charge in [0, 0.05) is 24.9 Å². The molecule has 1 aromatic rings. The van der Waals surface area contributed by atoms with Crippen molar-refractivity contribution in [1.82, 2.24) is 9.55 Å². The van der Waals surface area contributed by atoms with Gasteiger partial charge in [0.25, 0.3) is 0 Å². The van der Waals surface area contributed by atoms with E-state index in [9.17, 15) is 4.79 Å². The van der Waals surface area contributed by atoms with Crippen molar-refractivity contribution >= 4 is 5.97 Å². The number of hydrogen-bond donors (Lipinski definition) is 1. The molecule has 1 fully saturated rings. The van der Waals surface area contributed by atoms with E-state index < -0.39 is 5.97 Å². The minimum absolute atomic E-state index is 0.113. The first-order valence-corrected chi connectivity index (χ1v) is 5.98. The fourth-order valence-corrected chi connectivity index (χ4v) is 2.62. The van der Waals surface area contributed by atoms with Gasteiger partial charge in [-0.05, 0) is 19.3 Å². The van der Waals surface area contributed by atoms with Crippen molar-refractivity contribution in [3.05, 3.63) is 18.2 Å². The molecule has 1 aromatic heterocycles. The van der Waals surface area contributed by atoms with Crippen LogP contribution in [-0.2, 0) is 11.2 Å². The van der Waals surface area contributed by atoms with Gasteiger partial charge in [-0.15, -0.1) is 0 Å². The van der Waals surface area contributed by atoms with Crippen LogP contribution in [0.4, 0.5) is 0 Å². The Morgan fingerprint density at radius 3 is 3.12 bits per heavy atom. The van der Waals surface area contributed by atoms with Crippen molar-refractivity contribution in [2.45, 2.75) is 45.1 Å². The number of aromatic nitrogens is 2. The van der Waals surface area contributed by atoms with E-state index in [1.807, 2.05) is 6.20 Å². The predicted molar refractivity (Wildman–Crippen MR) is 60.2 cm³/mol. The molecule has 2 unspecified atom stereocenters. The summed E-state index contributed by atoms with van der Waals surface area (Å²) in [5.74, 6) is 0.129. The van der Waals surface area contributed by atoms with E-state index >= 15 is 0 Å². The van der Waals surface area contributed by atoms with E-state index in [2.05, 4.69) is 16.5 Å². The highest BCUT2D eigenvalue weighted by molar-refractivity contribution is 5.71. The second-order valence-electron chi connectivity index (χ2n) is 4.44. The van der Waals surface area contributed by atoms with Gasteiger partial charge in [-0.1, -0.05) is 13.3 Å². The molecule has 1 aliphatic carbocycles. The molecular weight excluding hydrogens is 204 g/mol. The van der Waals surface area contributed by atoms with Crippen LogP contribution in [-0.4, -0.2) is 20.6 Å². The minimum Gasteiger partial charge on any atom is -0.481 e. The van der Waals surface area contributed by atoms with Crippen molar-refractivity contribution in [2.75, 3.05) is 0 Å². The number of carboxylic acid groups (broad SMARTS) is 1. The first-order valence-electron chi connectivity index (χ1n) is 5.98. The zero-order valence-corrected chi connectivity index (χ0v) is 9.59. The summed E-state index contributed by atoms with van der Waals surface area (Å²) in [6, 6.07) is 0.113. The Hall–Kier alpha value is -1.32. The van der Waals surface area contributed by atoms with E-state index in [1.54, 1.807) is 6.20 Å². The summed E-state index contributed by atoms with van der Waals surface area (Å²) < 4.78 is 2.08. The average molecular weight is 222 g/mol. The highest BCUT2D eigenvalue weighted by Crippen LogP contribution is 2.36. The van der Waals surface area contributed by atoms with Gasteiger partial charge in [-0.25, -0.2) is 4.98 Å². The third-order valence-electron chi connectivity index (χ3n) is 3.38. The lowest BCUT2D eigenvalue weighted by Gasteiger charge is -2.19. The molecule has 1 aliphatic rings. The van der Waals surface area contributed by atoms with Gasteiger partial charge in [0.15, 0.2) is 0 Å². The molecule has 16 heavy (non-hydrogen) atoms. The van der Waals surface area contributed by atoms with E-state index in [1.165, 1.54) is 0 Å². The molecule has 0 radical (unpaired) electrons. The standard InChI is InChI=1S/C12H18N2O2/c1-2-4-11-13-7-8-14(11)10-6-3-5-9(10)12(15)16/h7-10H,2-6H2,1H3,(H,15,16). The molecule has 0 saturated heterocycles. The molecule has 0 spiro atoms. The number of aryl methyl sites for hydroxylation is 1. The number of nitrogens with zero attached hydrogens (tertiary/aromatic N) is 2. The van der Waals surface area contributed by atoms with Gasteiger partial charge in [-0.3, -0.25) is 4.79 Å². The second-order valence-corrected chi connectivity index (χ2v) is 4.44. The van der Waals surface area contributed by atoms with Gasteiger partial charge in [-0.2, -0.15) is 0 Å². The van der Waals surface area contributed by atoms with Crippen molar-refractivity contribution in [3.8, 4) is 0 Å². The van der Waals surface area contributed by atoms with E-state index in [0.717, 1.165) is 37.9 Å². The highest BCUT2D eigenvalue weighted by Gasteiger charge is 2.34. The topological polar surface area (TPSA) is 55.1 Å². The number of imidazole rings is 1. The van der Waals surface area contributed by atoms with Gasteiger partial charge in [0.1, 0.15) is 5.82 Å². The SMILES string of the molecule is CCCc1nccn1C1CCCC1C(=O)O. The Morgan fingerprint density at radius 1 is 1.62 bits per heavy atom. The molecule has 88 valence electrons. The second kappa shape index (κ2) is 4.68. The summed E-state index contributed by atoms with van der Waals surface area (Å²) in [4.78, 5) is 15.5. The number of aliphatic carboxylic acids is 1. The maximum atomic E-state index is 11.1. The lowest BCUT2D eigenvalue weighted by atomic mass is 10.0. The van der Waals surface area contributed by atoms with E-state index in [4.69, 9.17) is 5.11 Å². The number of rotatable bonds is 4. The molecule has 4 heteroatoms. The van der Waals surface area contributed by atoms with E-state index in [-0.39, 0.29) is 12.0 Å². The summed E-state index contributed by atoms with van der Waals surface area (Å²) in [6.45, 7) is 2.11. The summed E-state index contributed by atoms with van der Waals surface area (Å²) in [5, 5.41) is 9.17. The van der Waals surface area contributed by atoms with Crippen molar-refractivity contribution in [2.24, 2.45) is 5.92 Å². The van der Waals surface area contributed by atoms with Crippen LogP contribution in [0.25, 0.3) is 0 Å². The average Bonchev–Trinajstić information content (AvgIpc) is 2.83. The van der Waals surface area contributed by atoms with Crippen LogP contribution in [0.5, 0.6) is 0 Å². The van der Waals surface area contributed by atoms with Crippen LogP contribution in [0, 0.1) is 5.92 Å². The molecule has 1 N–H and O–H groups in total. The molecule has 2 rings (SSSR count). The molecule has 0 amide bonds. The Morgan fingerprint density at radius 2 is 2.44 bits per heavy atom. The Labute approximate surface area is 95.3 Å². The smallest absolute Gasteiger partial charge is 0.308 e. The van der Waals surface area contributed by atoms with Crippen LogP contribution >= 0.6 is 0 Å². The van der Waals surface area contributed by atoms with Crippen LogP contribution in [0.3, 0.4) is 0 Å². The van der Waals surface area contributed by atoms with Crippen LogP contribution in [0.15, 0.2) is 12.4 Å². The third kappa shape index (κ3) is 1.96. The van der Waals surface area contributed by atoms with E-state index in [0.29, 0.717) is 0 Å². The van der Waals surface area contributed by atoms with Crippen molar-refractivity contribution < 1.29 is 9.90 Å². The fraction of sp³-hybridized carbons (Fsp3) is 0.667. The van der Waals surface area contributed by atoms with Gasteiger partial charge < -0.3 is 9.67 Å². The fourth-order valence-electron chi connectivity index (χ4n) is 2.62. The maximum absolute atomic E-state index is 11.1. The van der Waals surface area contributed by atoms with Gasteiger partial charge in [0.2, 0.25) is 0 Å². The first kappa shape index (κ1) is 11.2. The van der Waals surface area contributed by atoms with Crippen molar-refractivity contribution in [3.63, 3.8) is 0 Å². The lowest BCUT2D eigenvalue weighted by Crippen LogP contribution is -2.22. The maximum Gasteiger partial charge on any atom is 0.308 e. The Bertz CT molecular complexity index is 373. The minimum atomic E-state index is -0.668. The third-order valence-corrected chi connectivity index (χ3v) is 3.38. The summed E-state index contributed by atoms with van der Waals surface area (Å²) in [7, 11) is 0. The van der Waals surface area contributed by atoms with Crippen LogP contribution < -0.4 is 0 Å². The van der Waals surface area contributed by atoms with Crippen LogP contribution in [0.2, 0.25) is 0 Å². The normalized spacial score (nSPS) is 24.8. The zero-order chi connectivity index (χ0) is 11.5. The molecule has 1 heterocycles. The molecular formula is C12H18N2O2. The first-order chi connectivity index (χ1) is 7.74. The Kier molecular flexibility index (Phi) is 3.27. The zero-order valence-electron chi connectivity index (χ0n) is 9.59. The monoisotopic (exact) mass is 222 g/mol. The molecule has 0 aliphatic heterocycles. The number of carboxylic acids is 1. The Balaban J connectivity index is 2.22. The molecule has 1 saturated carbocycles. The molecule has 4 nitrogen and oxygen atoms in total. The van der Waals surface area contributed by atoms with Crippen LogP contribution in [0.1, 0.15) is 44.5 Å². The molecule has 0 aromatic carbocycles. The highest BCUT2D eigenvalue weighted by atomic mass is 16.4. The quantitative estimate of drug-likeness (QED) is 0.850. The largest absolute Gasteiger partial charge is 0.481 e. The summed E-state index contributed by atoms with van der Waals surface area (Å²) >= 11 is 0. The summed E-state index contributed by atoms with van der Waals surface area (Å²) in [5.41, 5.74) is 0. The van der Waals surface area contributed by atoms with Gasteiger partial charge >= 0.3 is 5.97 Å². The number of hydrogen-bond acceptors (Lipinski definition) is 2.